The van der Waals surface area contributed by atoms with Crippen molar-refractivity contribution >= 4 is 17.6 Å². The first-order chi connectivity index (χ1) is 12.1. The van der Waals surface area contributed by atoms with Crippen molar-refractivity contribution in [1.82, 2.24) is 20.2 Å². The molecule has 0 unspecified atom stereocenters. The summed E-state index contributed by atoms with van der Waals surface area (Å²) < 4.78 is 0. The minimum atomic E-state index is -0.496. The van der Waals surface area contributed by atoms with Gasteiger partial charge in [0.15, 0.2) is 0 Å². The lowest BCUT2D eigenvalue weighted by Gasteiger charge is -2.50. The first kappa shape index (κ1) is 15.6. The molecule has 0 radical (unpaired) electrons. The minimum Gasteiger partial charge on any atom is -0.338 e. The van der Waals surface area contributed by atoms with Crippen LogP contribution in [0.2, 0.25) is 0 Å². The molecule has 0 aliphatic carbocycles. The molecule has 1 saturated heterocycles. The van der Waals surface area contributed by atoms with Gasteiger partial charge in [-0.2, -0.15) is 0 Å². The smallest absolute Gasteiger partial charge is 0.256 e. The third kappa shape index (κ3) is 2.52. The topological polar surface area (TPSA) is 78.4 Å². The largest absolute Gasteiger partial charge is 0.338 e. The Bertz CT molecular complexity index is 815. The molecule has 2 aliphatic rings. The van der Waals surface area contributed by atoms with Crippen molar-refractivity contribution in [3.63, 3.8) is 0 Å². The van der Waals surface area contributed by atoms with Gasteiger partial charge in [0.25, 0.3) is 11.8 Å². The molecule has 0 atom stereocenters. The van der Waals surface area contributed by atoms with Crippen molar-refractivity contribution in [2.24, 2.45) is 0 Å². The van der Waals surface area contributed by atoms with E-state index in [0.29, 0.717) is 42.9 Å². The Morgan fingerprint density at radius 1 is 1.20 bits per heavy atom. The number of nitrogens with zero attached hydrogens (tertiary/aromatic N) is 4. The van der Waals surface area contributed by atoms with Gasteiger partial charge in [-0.15, -0.1) is 0 Å². The fourth-order valence-electron chi connectivity index (χ4n) is 3.62. The number of fused-ring (bicyclic) bond motifs is 1. The maximum Gasteiger partial charge on any atom is 0.256 e. The minimum absolute atomic E-state index is 0.0220. The molecule has 25 heavy (non-hydrogen) atoms. The molecule has 2 aromatic heterocycles. The highest BCUT2D eigenvalue weighted by molar-refractivity contribution is 6.01. The third-order valence-electron chi connectivity index (χ3n) is 5.12. The van der Waals surface area contributed by atoms with Crippen LogP contribution in [0.3, 0.4) is 0 Å². The van der Waals surface area contributed by atoms with Crippen LogP contribution in [-0.4, -0.2) is 52.5 Å². The van der Waals surface area contributed by atoms with E-state index in [1.807, 2.05) is 16.8 Å². The van der Waals surface area contributed by atoms with Crippen LogP contribution >= 0.6 is 0 Å². The van der Waals surface area contributed by atoms with Crippen molar-refractivity contribution in [3.05, 3.63) is 54.0 Å². The van der Waals surface area contributed by atoms with Gasteiger partial charge in [-0.25, -0.2) is 4.98 Å². The second-order valence-electron chi connectivity index (χ2n) is 6.45. The summed E-state index contributed by atoms with van der Waals surface area (Å²) in [5.41, 5.74) is 0.681. The van der Waals surface area contributed by atoms with Gasteiger partial charge in [-0.05, 0) is 24.3 Å². The molecule has 4 rings (SSSR count). The summed E-state index contributed by atoms with van der Waals surface area (Å²) in [4.78, 5) is 37.3. The Morgan fingerprint density at radius 2 is 1.96 bits per heavy atom. The molecule has 0 aromatic carbocycles. The average Bonchev–Trinajstić information content (AvgIpc) is 2.67. The lowest BCUT2D eigenvalue weighted by Crippen LogP contribution is -2.67. The number of nitrogens with one attached hydrogen (secondary N) is 1. The quantitative estimate of drug-likeness (QED) is 0.848. The predicted octanol–water partition coefficient (Wildman–Crippen LogP) is 1.29. The van der Waals surface area contributed by atoms with Gasteiger partial charge in [0, 0.05) is 51.6 Å². The van der Waals surface area contributed by atoms with E-state index in [1.54, 1.807) is 42.9 Å². The van der Waals surface area contributed by atoms with Crippen LogP contribution in [0.5, 0.6) is 0 Å². The zero-order valence-corrected chi connectivity index (χ0v) is 14.0. The number of pyridine rings is 2. The molecule has 1 spiro atoms. The highest BCUT2D eigenvalue weighted by Crippen LogP contribution is 2.34. The summed E-state index contributed by atoms with van der Waals surface area (Å²) in [5, 5.41) is 3.13. The van der Waals surface area contributed by atoms with Gasteiger partial charge in [-0.1, -0.05) is 0 Å². The van der Waals surface area contributed by atoms with Crippen LogP contribution in [0.15, 0.2) is 42.9 Å². The number of carbonyl (C=O) groups excluding carboxylic acids is 2. The Morgan fingerprint density at radius 3 is 2.68 bits per heavy atom. The van der Waals surface area contributed by atoms with Crippen LogP contribution in [0.4, 0.5) is 5.82 Å². The van der Waals surface area contributed by atoms with Crippen LogP contribution in [0.25, 0.3) is 0 Å². The molecule has 7 heteroatoms. The summed E-state index contributed by atoms with van der Waals surface area (Å²) in [6.07, 6.45) is 6.23. The van der Waals surface area contributed by atoms with E-state index in [9.17, 15) is 9.59 Å². The number of hydrogen-bond acceptors (Lipinski definition) is 5. The molecule has 0 saturated carbocycles. The maximum atomic E-state index is 12.6. The zero-order chi connectivity index (χ0) is 17.4. The van der Waals surface area contributed by atoms with Crippen LogP contribution in [0, 0.1) is 0 Å². The lowest BCUT2D eigenvalue weighted by atomic mass is 9.91. The van der Waals surface area contributed by atoms with Crippen LogP contribution in [-0.2, 0) is 0 Å². The summed E-state index contributed by atoms with van der Waals surface area (Å²) in [6.45, 7) is 1.14. The van der Waals surface area contributed by atoms with E-state index in [1.165, 1.54) is 0 Å². The summed E-state index contributed by atoms with van der Waals surface area (Å²) >= 11 is 0. The fraction of sp³-hybridized carbons (Fsp3) is 0.333. The normalized spacial score (nSPS) is 18.7. The molecule has 128 valence electrons. The Hall–Kier alpha value is -2.96. The van der Waals surface area contributed by atoms with Crippen LogP contribution < -0.4 is 10.2 Å². The van der Waals surface area contributed by atoms with Crippen molar-refractivity contribution in [2.75, 3.05) is 25.0 Å². The molecule has 4 heterocycles. The average molecular weight is 337 g/mol. The lowest BCUT2D eigenvalue weighted by molar-refractivity contribution is 0.0607. The van der Waals surface area contributed by atoms with Gasteiger partial charge < -0.3 is 15.1 Å². The number of likely N-dealkylation sites (tertiary alicyclic amines) is 1. The standard InChI is InChI=1S/C18H19N5O2/c1-22-15-14(5-3-9-20-15)16(24)21-18(22)6-10-23(11-7-18)17(25)13-4-2-8-19-12-13/h2-5,8-9,12H,6-7,10-11H2,1H3,(H,21,24). The molecular weight excluding hydrogens is 318 g/mol. The first-order valence-electron chi connectivity index (χ1n) is 8.31. The van der Waals surface area contributed by atoms with E-state index < -0.39 is 5.66 Å². The molecule has 0 bridgehead atoms. The molecule has 1 N–H and O–H groups in total. The first-order valence-corrected chi connectivity index (χ1v) is 8.31. The second-order valence-corrected chi connectivity index (χ2v) is 6.45. The van der Waals surface area contributed by atoms with Gasteiger partial charge >= 0.3 is 0 Å². The Balaban J connectivity index is 1.54. The SMILES string of the molecule is CN1c2ncccc2C(=O)NC12CCN(C(=O)c1cccnc1)CC2. The Kier molecular flexibility index (Phi) is 3.63. The molecule has 2 amide bonds. The monoisotopic (exact) mass is 337 g/mol. The predicted molar refractivity (Wildman–Crippen MR) is 92.2 cm³/mol. The summed E-state index contributed by atoms with van der Waals surface area (Å²) in [6, 6.07) is 7.08. The van der Waals surface area contributed by atoms with E-state index in [-0.39, 0.29) is 11.8 Å². The number of amides is 2. The summed E-state index contributed by atoms with van der Waals surface area (Å²) in [5.74, 6) is 0.567. The highest BCUT2D eigenvalue weighted by atomic mass is 16.2. The third-order valence-corrected chi connectivity index (χ3v) is 5.12. The zero-order valence-electron chi connectivity index (χ0n) is 14.0. The van der Waals surface area contributed by atoms with Crippen molar-refractivity contribution in [3.8, 4) is 0 Å². The Labute approximate surface area is 145 Å². The molecule has 1 fully saturated rings. The molecule has 7 nitrogen and oxygen atoms in total. The fourth-order valence-corrected chi connectivity index (χ4v) is 3.62. The van der Waals surface area contributed by atoms with Gasteiger partial charge in [0.1, 0.15) is 11.5 Å². The number of anilines is 1. The van der Waals surface area contributed by atoms with Crippen molar-refractivity contribution in [1.29, 1.82) is 0 Å². The number of rotatable bonds is 1. The van der Waals surface area contributed by atoms with Gasteiger partial charge in [0.05, 0.1) is 11.1 Å². The summed E-state index contributed by atoms with van der Waals surface area (Å²) in [7, 11) is 1.95. The number of aromatic nitrogens is 2. The number of carbonyl (C=O) groups is 2. The highest BCUT2D eigenvalue weighted by Gasteiger charge is 2.45. The van der Waals surface area contributed by atoms with Crippen molar-refractivity contribution in [2.45, 2.75) is 18.5 Å². The molecule has 2 aromatic rings. The molecule has 2 aliphatic heterocycles. The maximum absolute atomic E-state index is 12.6. The van der Waals surface area contributed by atoms with E-state index >= 15 is 0 Å². The molecular formula is C18H19N5O2. The van der Waals surface area contributed by atoms with Crippen LogP contribution in [0.1, 0.15) is 33.6 Å². The number of piperidine rings is 1. The van der Waals surface area contributed by atoms with E-state index in [4.69, 9.17) is 0 Å². The van der Waals surface area contributed by atoms with Gasteiger partial charge in [-0.3, -0.25) is 14.6 Å². The number of hydrogen-bond donors (Lipinski definition) is 1. The van der Waals surface area contributed by atoms with Gasteiger partial charge in [0.2, 0.25) is 0 Å². The second kappa shape index (κ2) is 5.84. The van der Waals surface area contributed by atoms with E-state index in [0.717, 1.165) is 0 Å². The van der Waals surface area contributed by atoms with Crippen molar-refractivity contribution < 1.29 is 9.59 Å². The van der Waals surface area contributed by atoms with E-state index in [2.05, 4.69) is 15.3 Å².